The molecule has 0 bridgehead atoms. The quantitative estimate of drug-likeness (QED) is 0.655. The number of fused-ring (bicyclic) bond motifs is 1. The Labute approximate surface area is 190 Å². The van der Waals surface area contributed by atoms with Crippen LogP contribution in [0.1, 0.15) is 36.4 Å². The van der Waals surface area contributed by atoms with Crippen LogP contribution in [0.5, 0.6) is 5.75 Å². The van der Waals surface area contributed by atoms with Gasteiger partial charge < -0.3 is 14.8 Å². The van der Waals surface area contributed by atoms with E-state index in [9.17, 15) is 8.42 Å². The number of sulfonamides is 1. The molecule has 0 amide bonds. The Hall–Kier alpha value is -2.42. The average molecular weight is 458 g/mol. The van der Waals surface area contributed by atoms with E-state index in [1.807, 2.05) is 6.07 Å². The predicted octanol–water partition coefficient (Wildman–Crippen LogP) is 3.34. The Morgan fingerprint density at radius 1 is 1.22 bits per heavy atom. The fraction of sp³-hybridized carbons (Fsp3) is 0.458. The molecule has 7 nitrogen and oxygen atoms in total. The lowest BCUT2D eigenvalue weighted by Gasteiger charge is -2.26. The van der Waals surface area contributed by atoms with Crippen molar-refractivity contribution in [3.05, 3.63) is 52.9 Å². The van der Waals surface area contributed by atoms with Gasteiger partial charge in [0.25, 0.3) is 0 Å². The minimum atomic E-state index is -3.58. The third-order valence-electron chi connectivity index (χ3n) is 5.73. The van der Waals surface area contributed by atoms with Crippen molar-refractivity contribution < 1.29 is 17.9 Å². The van der Waals surface area contributed by atoms with Gasteiger partial charge in [-0.25, -0.2) is 8.42 Å². The number of nitrogens with one attached hydrogen (secondary N) is 1. The van der Waals surface area contributed by atoms with Crippen LogP contribution < -0.4 is 10.1 Å². The fourth-order valence-corrected chi connectivity index (χ4v) is 5.43. The summed E-state index contributed by atoms with van der Waals surface area (Å²) in [5.41, 5.74) is 5.16. The first-order valence-electron chi connectivity index (χ1n) is 11.1. The van der Waals surface area contributed by atoms with E-state index in [0.29, 0.717) is 44.4 Å². The van der Waals surface area contributed by atoms with Crippen molar-refractivity contribution in [2.24, 2.45) is 5.92 Å². The highest BCUT2D eigenvalue weighted by Gasteiger charge is 2.27. The van der Waals surface area contributed by atoms with Crippen LogP contribution >= 0.6 is 0 Å². The lowest BCUT2D eigenvalue weighted by molar-refractivity contribution is 0.0730. The number of nitrogens with zero attached hydrogens (tertiary/aromatic N) is 2. The minimum absolute atomic E-state index is 0.241. The lowest BCUT2D eigenvalue weighted by Crippen LogP contribution is -2.40. The minimum Gasteiger partial charge on any atom is -0.496 e. The van der Waals surface area contributed by atoms with E-state index >= 15 is 0 Å². The second-order valence-corrected chi connectivity index (χ2v) is 10.5. The summed E-state index contributed by atoms with van der Waals surface area (Å²) >= 11 is 0. The smallest absolute Gasteiger partial charge is 0.243 e. The topological polar surface area (TPSA) is 80.8 Å². The number of hydrogen-bond donors (Lipinski definition) is 1. The molecule has 1 N–H and O–H groups in total. The molecule has 1 saturated heterocycles. The Balaban J connectivity index is 1.60. The summed E-state index contributed by atoms with van der Waals surface area (Å²) in [4.78, 5) is 5.10. The van der Waals surface area contributed by atoms with Crippen LogP contribution in [0.2, 0.25) is 0 Å². The molecule has 0 radical (unpaired) electrons. The Kier molecular flexibility index (Phi) is 6.83. The number of methoxy groups -OCH3 is 1. The summed E-state index contributed by atoms with van der Waals surface area (Å²) in [6.07, 6.45) is 5.65. The van der Waals surface area contributed by atoms with Gasteiger partial charge in [0.2, 0.25) is 10.0 Å². The molecule has 0 spiro atoms. The zero-order chi connectivity index (χ0) is 22.7. The predicted molar refractivity (Wildman–Crippen MR) is 126 cm³/mol. The number of pyridine rings is 1. The first kappa shape index (κ1) is 22.8. The van der Waals surface area contributed by atoms with Crippen LogP contribution in [0.25, 0.3) is 6.08 Å². The third-order valence-corrected chi connectivity index (χ3v) is 7.62. The van der Waals surface area contributed by atoms with Crippen molar-refractivity contribution in [2.45, 2.75) is 31.6 Å². The highest BCUT2D eigenvalue weighted by Crippen LogP contribution is 2.31. The maximum atomic E-state index is 13.0. The van der Waals surface area contributed by atoms with E-state index in [-0.39, 0.29) is 4.90 Å². The van der Waals surface area contributed by atoms with Crippen LogP contribution in [0.15, 0.2) is 35.2 Å². The summed E-state index contributed by atoms with van der Waals surface area (Å²) in [5.74, 6) is 1.09. The molecule has 0 atom stereocenters. The summed E-state index contributed by atoms with van der Waals surface area (Å²) in [7, 11) is -2.01. The summed E-state index contributed by atoms with van der Waals surface area (Å²) in [6.45, 7) is 6.82. The van der Waals surface area contributed by atoms with Gasteiger partial charge in [0.1, 0.15) is 5.75 Å². The number of hydrogen-bond acceptors (Lipinski definition) is 6. The van der Waals surface area contributed by atoms with E-state index < -0.39 is 10.0 Å². The fourth-order valence-electron chi connectivity index (χ4n) is 4.01. The van der Waals surface area contributed by atoms with Crippen LogP contribution in [0, 0.1) is 5.92 Å². The molecule has 1 aromatic heterocycles. The number of anilines is 1. The van der Waals surface area contributed by atoms with E-state index in [1.165, 1.54) is 4.31 Å². The van der Waals surface area contributed by atoms with E-state index in [2.05, 4.69) is 37.4 Å². The highest BCUT2D eigenvalue weighted by atomic mass is 32.2. The van der Waals surface area contributed by atoms with Crippen molar-refractivity contribution in [1.29, 1.82) is 0 Å². The standard InChI is InChI=1S/C24H31N3O4S/c1-17(2)16-25-23-14-19(26-22-6-4-5-21(22)23)13-18-7-8-20(15-24(18)30-3)32(28,29)27-9-11-31-12-10-27/h4-5,7-8,14-15,17H,6,9-13,16H2,1-3H3,(H,25,26). The Morgan fingerprint density at radius 3 is 2.72 bits per heavy atom. The molecule has 2 aliphatic rings. The summed E-state index contributed by atoms with van der Waals surface area (Å²) < 4.78 is 38.4. The number of allylic oxidation sites excluding steroid dienone is 1. The molecule has 1 aliphatic carbocycles. The van der Waals surface area contributed by atoms with E-state index in [4.69, 9.17) is 14.5 Å². The molecule has 0 unspecified atom stereocenters. The van der Waals surface area contributed by atoms with Gasteiger partial charge in [0, 0.05) is 61.1 Å². The van der Waals surface area contributed by atoms with Gasteiger partial charge in [0.15, 0.2) is 0 Å². The van der Waals surface area contributed by atoms with Crippen molar-refractivity contribution in [2.75, 3.05) is 45.3 Å². The maximum absolute atomic E-state index is 13.0. The number of aromatic nitrogens is 1. The molecule has 4 rings (SSSR count). The van der Waals surface area contributed by atoms with Gasteiger partial charge in [-0.05, 0) is 18.1 Å². The molecule has 8 heteroatoms. The van der Waals surface area contributed by atoms with Crippen LogP contribution in [0.3, 0.4) is 0 Å². The molecule has 1 fully saturated rings. The highest BCUT2D eigenvalue weighted by molar-refractivity contribution is 7.89. The number of rotatable bonds is 8. The maximum Gasteiger partial charge on any atom is 0.243 e. The van der Waals surface area contributed by atoms with Crippen LogP contribution in [-0.2, 0) is 27.6 Å². The lowest BCUT2D eigenvalue weighted by atomic mass is 10.1. The first-order valence-corrected chi connectivity index (χ1v) is 12.5. The SMILES string of the molecule is COc1cc(S(=O)(=O)N2CCOCC2)ccc1Cc1cc(NCC(C)C)c2c(n1)CC=C2. The molecule has 0 saturated carbocycles. The van der Waals surface area contributed by atoms with Gasteiger partial charge in [-0.3, -0.25) is 4.98 Å². The normalized spacial score (nSPS) is 16.4. The largest absolute Gasteiger partial charge is 0.496 e. The molecular formula is C24H31N3O4S. The molecule has 32 heavy (non-hydrogen) atoms. The number of morpholine rings is 1. The van der Waals surface area contributed by atoms with Gasteiger partial charge in [0.05, 0.1) is 30.9 Å². The monoisotopic (exact) mass is 457 g/mol. The Bertz CT molecular complexity index is 1110. The van der Waals surface area contributed by atoms with Crippen molar-refractivity contribution >= 4 is 21.8 Å². The first-order chi connectivity index (χ1) is 15.4. The number of benzene rings is 1. The molecule has 172 valence electrons. The summed E-state index contributed by atoms with van der Waals surface area (Å²) in [6, 6.07) is 7.21. The second kappa shape index (κ2) is 9.60. The van der Waals surface area contributed by atoms with Crippen LogP contribution in [-0.4, -0.2) is 57.7 Å². The van der Waals surface area contributed by atoms with Crippen molar-refractivity contribution in [1.82, 2.24) is 9.29 Å². The third kappa shape index (κ3) is 4.82. The molecule has 2 aromatic rings. The number of ether oxygens (including phenoxy) is 2. The zero-order valence-electron chi connectivity index (χ0n) is 18.9. The van der Waals surface area contributed by atoms with Gasteiger partial charge in [-0.15, -0.1) is 0 Å². The molecule has 1 aliphatic heterocycles. The van der Waals surface area contributed by atoms with Crippen LogP contribution in [0.4, 0.5) is 5.69 Å². The summed E-state index contributed by atoms with van der Waals surface area (Å²) in [5, 5.41) is 3.55. The van der Waals surface area contributed by atoms with E-state index in [0.717, 1.165) is 41.2 Å². The molecular weight excluding hydrogens is 426 g/mol. The zero-order valence-corrected chi connectivity index (χ0v) is 19.7. The van der Waals surface area contributed by atoms with Gasteiger partial charge in [-0.2, -0.15) is 4.31 Å². The van der Waals surface area contributed by atoms with Crippen molar-refractivity contribution in [3.8, 4) is 5.75 Å². The molecule has 2 heterocycles. The second-order valence-electron chi connectivity index (χ2n) is 8.57. The van der Waals surface area contributed by atoms with Gasteiger partial charge >= 0.3 is 0 Å². The van der Waals surface area contributed by atoms with Gasteiger partial charge in [-0.1, -0.05) is 32.1 Å². The average Bonchev–Trinajstić information content (AvgIpc) is 3.27. The van der Waals surface area contributed by atoms with Crippen molar-refractivity contribution in [3.63, 3.8) is 0 Å². The van der Waals surface area contributed by atoms with E-state index in [1.54, 1.807) is 19.2 Å². The Morgan fingerprint density at radius 2 is 2.00 bits per heavy atom. The molecule has 1 aromatic carbocycles.